The molecule has 4 heterocycles. The second kappa shape index (κ2) is 11.3. The highest BCUT2D eigenvalue weighted by atomic mass is 32.1. The van der Waals surface area contributed by atoms with Gasteiger partial charge in [0.05, 0.1) is 15.7 Å². The third-order valence-electron chi connectivity index (χ3n) is 11.0. The van der Waals surface area contributed by atoms with Crippen LogP contribution >= 0.6 is 11.3 Å². The van der Waals surface area contributed by atoms with Crippen molar-refractivity contribution in [3.63, 3.8) is 0 Å². The van der Waals surface area contributed by atoms with Crippen molar-refractivity contribution in [2.24, 2.45) is 0 Å². The number of hydrogen-bond donors (Lipinski definition) is 0. The smallest absolute Gasteiger partial charge is 0.162 e. The summed E-state index contributed by atoms with van der Waals surface area (Å²) in [6.45, 7) is 0. The summed E-state index contributed by atoms with van der Waals surface area (Å²) in [5, 5.41) is 10.7. The molecule has 12 rings (SSSR count). The third-order valence-corrected chi connectivity index (χ3v) is 12.2. The molecule has 54 heavy (non-hydrogen) atoms. The van der Waals surface area contributed by atoms with Crippen molar-refractivity contribution >= 4 is 96.9 Å². The summed E-state index contributed by atoms with van der Waals surface area (Å²) in [6, 6.07) is 58.2. The van der Waals surface area contributed by atoms with Crippen molar-refractivity contribution < 1.29 is 4.42 Å². The minimum atomic E-state index is 0.662. The molecule has 0 atom stereocenters. The molecule has 0 saturated carbocycles. The van der Waals surface area contributed by atoms with E-state index in [9.17, 15) is 0 Å². The molecule has 0 amide bonds. The lowest BCUT2D eigenvalue weighted by molar-refractivity contribution is 0.671. The molecule has 0 bridgehead atoms. The van der Waals surface area contributed by atoms with E-state index in [2.05, 4.69) is 156 Å². The number of aromatic nitrogens is 3. The lowest BCUT2D eigenvalue weighted by atomic mass is 9.97. The van der Waals surface area contributed by atoms with Crippen molar-refractivity contribution in [1.29, 1.82) is 0 Å². The topological polar surface area (TPSA) is 43.9 Å². The van der Waals surface area contributed by atoms with Crippen LogP contribution in [0.3, 0.4) is 0 Å². The molecule has 12 aromatic rings. The first-order chi connectivity index (χ1) is 26.8. The predicted molar refractivity (Wildman–Crippen MR) is 226 cm³/mol. The maximum Gasteiger partial charge on any atom is 0.162 e. The molecule has 0 aliphatic rings. The molecular weight excluding hydrogens is 679 g/mol. The fourth-order valence-electron chi connectivity index (χ4n) is 8.73. The first kappa shape index (κ1) is 29.7. The van der Waals surface area contributed by atoms with E-state index in [-0.39, 0.29) is 0 Å². The molecule has 0 aliphatic carbocycles. The number of rotatable bonds is 4. The number of thiophene rings is 1. The lowest BCUT2D eigenvalue weighted by Crippen LogP contribution is -2.04. The van der Waals surface area contributed by atoms with Crippen LogP contribution in [0.15, 0.2) is 168 Å². The normalized spacial score (nSPS) is 12.1. The average Bonchev–Trinajstić information content (AvgIpc) is 3.92. The Morgan fingerprint density at radius 2 is 1.19 bits per heavy atom. The van der Waals surface area contributed by atoms with Crippen LogP contribution < -0.4 is 0 Å². The molecule has 0 aliphatic heterocycles. The van der Waals surface area contributed by atoms with Crippen molar-refractivity contribution in [3.05, 3.63) is 175 Å². The summed E-state index contributed by atoms with van der Waals surface area (Å²) in [6.07, 6.45) is 0.745. The van der Waals surface area contributed by atoms with Gasteiger partial charge in [-0.2, -0.15) is 0 Å². The van der Waals surface area contributed by atoms with Crippen LogP contribution in [0.1, 0.15) is 11.1 Å². The SMILES string of the molecule is c1ccc(Cc2cc3c(-n4c5ccccc5c5c6ccccc6c6c7ccccc7sc6c54)nc(-c4ccccc4)nc3c3oc4ccccc4c23)cc1. The number of benzene rings is 8. The van der Waals surface area contributed by atoms with Gasteiger partial charge in [-0.05, 0) is 52.6 Å². The van der Waals surface area contributed by atoms with E-state index < -0.39 is 0 Å². The van der Waals surface area contributed by atoms with Gasteiger partial charge in [0.2, 0.25) is 0 Å². The molecule has 0 spiro atoms. The molecule has 0 N–H and O–H groups in total. The zero-order chi connectivity index (χ0) is 35.3. The minimum Gasteiger partial charge on any atom is -0.454 e. The van der Waals surface area contributed by atoms with Gasteiger partial charge in [-0.25, -0.2) is 9.97 Å². The molecule has 0 saturated heterocycles. The molecular formula is C49H29N3OS. The standard InChI is InChI=1S/C49H29N3OS/c1-3-15-29(16-4-1)27-31-28-37-44(46-41(31)35-22-10-13-25-39(35)53-46)50-48(30-17-5-2-6-18-30)51-49(37)52-38-24-12-9-21-34(38)42-32-19-7-8-20-33(32)43-36-23-11-14-26-40(36)54-47(43)45(42)52/h1-26,28H,27H2. The summed E-state index contributed by atoms with van der Waals surface area (Å²) in [5.74, 6) is 1.51. The Labute approximate surface area is 313 Å². The van der Waals surface area contributed by atoms with E-state index in [1.165, 1.54) is 58.4 Å². The van der Waals surface area contributed by atoms with Crippen molar-refractivity contribution in [2.75, 3.05) is 0 Å². The van der Waals surface area contributed by atoms with Gasteiger partial charge in [-0.15, -0.1) is 11.3 Å². The van der Waals surface area contributed by atoms with Gasteiger partial charge >= 0.3 is 0 Å². The predicted octanol–water partition coefficient (Wildman–Crippen LogP) is 13.4. The Hall–Kier alpha value is -6.82. The number of para-hydroxylation sites is 2. The maximum atomic E-state index is 6.85. The summed E-state index contributed by atoms with van der Waals surface area (Å²) in [7, 11) is 0. The zero-order valence-corrected chi connectivity index (χ0v) is 29.8. The first-order valence-electron chi connectivity index (χ1n) is 18.3. The average molecular weight is 708 g/mol. The molecule has 0 radical (unpaired) electrons. The third kappa shape index (κ3) is 4.18. The second-order valence-electron chi connectivity index (χ2n) is 14.1. The Kier molecular flexibility index (Phi) is 6.24. The maximum absolute atomic E-state index is 6.85. The second-order valence-corrected chi connectivity index (χ2v) is 15.1. The molecule has 0 fully saturated rings. The van der Waals surface area contributed by atoms with Gasteiger partial charge in [0.1, 0.15) is 16.9 Å². The van der Waals surface area contributed by atoms with E-state index in [0.717, 1.165) is 56.2 Å². The van der Waals surface area contributed by atoms with Gasteiger partial charge in [0.15, 0.2) is 11.4 Å². The largest absolute Gasteiger partial charge is 0.454 e. The molecule has 5 heteroatoms. The van der Waals surface area contributed by atoms with E-state index in [1.54, 1.807) is 0 Å². The quantitative estimate of drug-likeness (QED) is 0.183. The molecule has 252 valence electrons. The Bertz CT molecular complexity index is 3470. The Balaban J connectivity index is 1.32. The fourth-order valence-corrected chi connectivity index (χ4v) is 9.99. The van der Waals surface area contributed by atoms with Crippen LogP contribution in [0.4, 0.5) is 0 Å². The minimum absolute atomic E-state index is 0.662. The fraction of sp³-hybridized carbons (Fsp3) is 0.0204. The number of furan rings is 1. The van der Waals surface area contributed by atoms with Gasteiger partial charge in [0.25, 0.3) is 0 Å². The molecule has 8 aromatic carbocycles. The monoisotopic (exact) mass is 707 g/mol. The Morgan fingerprint density at radius 3 is 2.00 bits per heavy atom. The summed E-state index contributed by atoms with van der Waals surface area (Å²) in [5.41, 5.74) is 8.10. The lowest BCUT2D eigenvalue weighted by Gasteiger charge is -2.15. The Morgan fingerprint density at radius 1 is 0.537 bits per heavy atom. The number of nitrogens with zero attached hydrogens (tertiary/aromatic N) is 3. The van der Waals surface area contributed by atoms with Crippen LogP contribution in [0.5, 0.6) is 0 Å². The van der Waals surface area contributed by atoms with Crippen LogP contribution in [-0.4, -0.2) is 14.5 Å². The zero-order valence-electron chi connectivity index (χ0n) is 29.0. The van der Waals surface area contributed by atoms with Crippen LogP contribution in [0.25, 0.3) is 103 Å². The number of fused-ring (bicyclic) bond motifs is 15. The van der Waals surface area contributed by atoms with Crippen molar-refractivity contribution in [2.45, 2.75) is 6.42 Å². The molecule has 0 unspecified atom stereocenters. The molecule has 4 aromatic heterocycles. The van der Waals surface area contributed by atoms with E-state index >= 15 is 0 Å². The first-order valence-corrected chi connectivity index (χ1v) is 19.1. The summed E-state index contributed by atoms with van der Waals surface area (Å²) >= 11 is 1.86. The van der Waals surface area contributed by atoms with E-state index in [4.69, 9.17) is 14.4 Å². The summed E-state index contributed by atoms with van der Waals surface area (Å²) in [4.78, 5) is 11.0. The van der Waals surface area contributed by atoms with Crippen molar-refractivity contribution in [1.82, 2.24) is 14.5 Å². The van der Waals surface area contributed by atoms with Crippen LogP contribution in [0, 0.1) is 0 Å². The van der Waals surface area contributed by atoms with E-state index in [1.807, 2.05) is 23.5 Å². The highest BCUT2D eigenvalue weighted by Crippen LogP contribution is 2.49. The van der Waals surface area contributed by atoms with Crippen LogP contribution in [-0.2, 0) is 6.42 Å². The number of hydrogen-bond acceptors (Lipinski definition) is 4. The van der Waals surface area contributed by atoms with Gasteiger partial charge in [-0.1, -0.05) is 140 Å². The van der Waals surface area contributed by atoms with Crippen LogP contribution in [0.2, 0.25) is 0 Å². The van der Waals surface area contributed by atoms with Gasteiger partial charge in [0, 0.05) is 48.0 Å². The highest BCUT2D eigenvalue weighted by molar-refractivity contribution is 7.27. The van der Waals surface area contributed by atoms with E-state index in [0.29, 0.717) is 5.82 Å². The summed E-state index contributed by atoms with van der Waals surface area (Å²) < 4.78 is 11.8. The molecule has 4 nitrogen and oxygen atoms in total. The highest BCUT2D eigenvalue weighted by Gasteiger charge is 2.26. The van der Waals surface area contributed by atoms with Crippen molar-refractivity contribution in [3.8, 4) is 17.2 Å². The van der Waals surface area contributed by atoms with Gasteiger partial charge in [-0.3, -0.25) is 4.57 Å². The van der Waals surface area contributed by atoms with Gasteiger partial charge < -0.3 is 4.42 Å².